The molecule has 1 saturated heterocycles. The summed E-state index contributed by atoms with van der Waals surface area (Å²) in [6.07, 6.45) is 1.84. The highest BCUT2D eigenvalue weighted by molar-refractivity contribution is 7.80. The van der Waals surface area contributed by atoms with Crippen molar-refractivity contribution in [3.8, 4) is 17.2 Å². The molecule has 1 N–H and O–H groups in total. The number of hydrogen-bond donors (Lipinski definition) is 1. The van der Waals surface area contributed by atoms with E-state index in [0.29, 0.717) is 5.11 Å². The van der Waals surface area contributed by atoms with Gasteiger partial charge in [-0.2, -0.15) is 0 Å². The Bertz CT molecular complexity index is 1710. The van der Waals surface area contributed by atoms with Gasteiger partial charge < -0.3 is 24.4 Å². The zero-order valence-electron chi connectivity index (χ0n) is 24.6. The number of aryl methyl sites for hydroxylation is 2. The van der Waals surface area contributed by atoms with Gasteiger partial charge in [0.05, 0.1) is 17.8 Å². The van der Waals surface area contributed by atoms with Crippen molar-refractivity contribution >= 4 is 28.7 Å². The van der Waals surface area contributed by atoms with Gasteiger partial charge in [0.1, 0.15) is 11.5 Å². The minimum absolute atomic E-state index is 0.100. The van der Waals surface area contributed by atoms with Crippen LogP contribution in [0.15, 0.2) is 103 Å². The van der Waals surface area contributed by atoms with Gasteiger partial charge >= 0.3 is 0 Å². The molecule has 42 heavy (non-hydrogen) atoms. The lowest BCUT2D eigenvalue weighted by atomic mass is 9.96. The molecule has 2 atom stereocenters. The molecule has 5 aromatic rings. The predicted octanol–water partition coefficient (Wildman–Crippen LogP) is 7.83. The van der Waals surface area contributed by atoms with E-state index in [1.165, 1.54) is 22.6 Å². The number of aromatic nitrogens is 2. The number of ether oxygens (including phenoxy) is 1. The first-order valence-corrected chi connectivity index (χ1v) is 14.5. The Labute approximate surface area is 253 Å². The third-order valence-corrected chi connectivity index (χ3v) is 8.26. The summed E-state index contributed by atoms with van der Waals surface area (Å²) in [5.74, 6) is 1.63. The monoisotopic (exact) mass is 573 g/mol. The van der Waals surface area contributed by atoms with Crippen molar-refractivity contribution in [3.05, 3.63) is 131 Å². The summed E-state index contributed by atoms with van der Waals surface area (Å²) in [5, 5.41) is 4.26. The van der Waals surface area contributed by atoms with Crippen LogP contribution in [-0.4, -0.2) is 28.8 Å². The van der Waals surface area contributed by atoms with Gasteiger partial charge in [-0.3, -0.25) is 4.98 Å². The summed E-state index contributed by atoms with van der Waals surface area (Å²) < 4.78 is 8.50. The molecular formula is C35H35N5OS. The number of anilines is 2. The van der Waals surface area contributed by atoms with Crippen molar-refractivity contribution < 1.29 is 4.74 Å². The molecule has 0 bridgehead atoms. The zero-order chi connectivity index (χ0) is 29.4. The van der Waals surface area contributed by atoms with Gasteiger partial charge in [-0.1, -0.05) is 24.3 Å². The molecule has 0 radical (unpaired) electrons. The molecule has 6 nitrogen and oxygen atoms in total. The summed E-state index contributed by atoms with van der Waals surface area (Å²) in [7, 11) is 4.12. The Morgan fingerprint density at radius 1 is 0.833 bits per heavy atom. The summed E-state index contributed by atoms with van der Waals surface area (Å²) in [6.45, 7) is 6.40. The van der Waals surface area contributed by atoms with E-state index in [-0.39, 0.29) is 12.1 Å². The molecule has 212 valence electrons. The van der Waals surface area contributed by atoms with E-state index in [1.54, 1.807) is 0 Å². The number of pyridine rings is 1. The number of thiocarbonyl (C=S) groups is 1. The average molecular weight is 574 g/mol. The Balaban J connectivity index is 1.40. The van der Waals surface area contributed by atoms with Crippen molar-refractivity contribution in [3.63, 3.8) is 0 Å². The Kier molecular flexibility index (Phi) is 7.43. The van der Waals surface area contributed by atoms with Crippen LogP contribution < -0.4 is 19.9 Å². The maximum Gasteiger partial charge on any atom is 0.174 e. The average Bonchev–Trinajstić information content (AvgIpc) is 3.49. The van der Waals surface area contributed by atoms with Crippen LogP contribution in [0.2, 0.25) is 0 Å². The summed E-state index contributed by atoms with van der Waals surface area (Å²) >= 11 is 5.99. The van der Waals surface area contributed by atoms with Crippen molar-refractivity contribution in [2.75, 3.05) is 23.9 Å². The van der Waals surface area contributed by atoms with Crippen LogP contribution in [-0.2, 0) is 0 Å². The summed E-state index contributed by atoms with van der Waals surface area (Å²) in [4.78, 5) is 9.06. The van der Waals surface area contributed by atoms with Gasteiger partial charge in [0.25, 0.3) is 0 Å². The van der Waals surface area contributed by atoms with E-state index < -0.39 is 0 Å². The first kappa shape index (κ1) is 27.5. The molecule has 1 aliphatic heterocycles. The third kappa shape index (κ3) is 5.12. The molecule has 6 rings (SSSR count). The highest BCUT2D eigenvalue weighted by Crippen LogP contribution is 2.44. The van der Waals surface area contributed by atoms with Crippen LogP contribution in [0, 0.1) is 20.8 Å². The molecule has 0 spiro atoms. The fraction of sp³-hybridized carbons (Fsp3) is 0.200. The van der Waals surface area contributed by atoms with E-state index in [2.05, 4.69) is 96.2 Å². The summed E-state index contributed by atoms with van der Waals surface area (Å²) in [5.41, 5.74) is 8.88. The topological polar surface area (TPSA) is 45.6 Å². The number of hydrogen-bond acceptors (Lipinski definition) is 4. The van der Waals surface area contributed by atoms with E-state index in [0.717, 1.165) is 34.1 Å². The molecule has 1 aliphatic rings. The Morgan fingerprint density at radius 3 is 2.19 bits per heavy atom. The lowest BCUT2D eigenvalue weighted by molar-refractivity contribution is 0.479. The quantitative estimate of drug-likeness (QED) is 0.200. The molecule has 3 aromatic carbocycles. The zero-order valence-corrected chi connectivity index (χ0v) is 25.4. The lowest BCUT2D eigenvalue weighted by Crippen LogP contribution is -2.29. The second-order valence-electron chi connectivity index (χ2n) is 10.9. The van der Waals surface area contributed by atoms with Gasteiger partial charge in [-0.15, -0.1) is 0 Å². The van der Waals surface area contributed by atoms with E-state index >= 15 is 0 Å². The molecule has 0 amide bonds. The highest BCUT2D eigenvalue weighted by atomic mass is 32.1. The fourth-order valence-electron chi connectivity index (χ4n) is 5.81. The fourth-order valence-corrected chi connectivity index (χ4v) is 6.15. The van der Waals surface area contributed by atoms with Crippen LogP contribution in [0.25, 0.3) is 5.69 Å². The molecule has 7 heteroatoms. The second kappa shape index (κ2) is 11.3. The van der Waals surface area contributed by atoms with Gasteiger partial charge in [0.15, 0.2) is 5.11 Å². The molecule has 1 fully saturated rings. The first-order valence-electron chi connectivity index (χ1n) is 14.1. The number of nitrogens with zero attached hydrogens (tertiary/aromatic N) is 4. The smallest absolute Gasteiger partial charge is 0.174 e. The number of rotatable bonds is 7. The predicted molar refractivity (Wildman–Crippen MR) is 175 cm³/mol. The van der Waals surface area contributed by atoms with Crippen LogP contribution in [0.5, 0.6) is 11.5 Å². The molecule has 3 heterocycles. The maximum atomic E-state index is 6.18. The van der Waals surface area contributed by atoms with Crippen molar-refractivity contribution in [2.45, 2.75) is 32.9 Å². The largest absolute Gasteiger partial charge is 0.457 e. The standard InChI is InChI=1S/C35H35N5OS/c1-23-10-6-7-12-32(23)41-29-19-17-28(18-20-29)40-34(33(37-35(40)42)31-11-8-9-21-36-31)30-22-24(2)39(25(30)3)27-15-13-26(14-16-27)38(4)5/h6-22,33-34H,1-5H3,(H,37,42). The minimum atomic E-state index is -0.119. The number of para-hydroxylation sites is 1. The molecule has 0 aliphatic carbocycles. The number of nitrogens with one attached hydrogen (secondary N) is 1. The molecule has 0 saturated carbocycles. The lowest BCUT2D eigenvalue weighted by Gasteiger charge is -2.28. The maximum absolute atomic E-state index is 6.18. The Morgan fingerprint density at radius 2 is 1.52 bits per heavy atom. The third-order valence-electron chi connectivity index (χ3n) is 7.95. The molecule has 2 unspecified atom stereocenters. The van der Waals surface area contributed by atoms with Crippen LogP contribution in [0.1, 0.15) is 40.3 Å². The van der Waals surface area contributed by atoms with E-state index in [1.807, 2.05) is 61.7 Å². The van der Waals surface area contributed by atoms with Crippen molar-refractivity contribution in [2.24, 2.45) is 0 Å². The molecule has 2 aromatic heterocycles. The second-order valence-corrected chi connectivity index (χ2v) is 11.3. The summed E-state index contributed by atoms with van der Waals surface area (Å²) in [6, 6.07) is 33.0. The van der Waals surface area contributed by atoms with E-state index in [9.17, 15) is 0 Å². The number of benzene rings is 3. The van der Waals surface area contributed by atoms with Gasteiger partial charge in [-0.05, 0) is 117 Å². The van der Waals surface area contributed by atoms with Crippen LogP contribution >= 0.6 is 12.2 Å². The Hall–Kier alpha value is -4.62. The van der Waals surface area contributed by atoms with Crippen molar-refractivity contribution in [1.82, 2.24) is 14.9 Å². The van der Waals surface area contributed by atoms with Crippen molar-refractivity contribution in [1.29, 1.82) is 0 Å². The van der Waals surface area contributed by atoms with Crippen LogP contribution in [0.3, 0.4) is 0 Å². The highest BCUT2D eigenvalue weighted by Gasteiger charge is 2.42. The molecular weight excluding hydrogens is 538 g/mol. The first-order chi connectivity index (χ1) is 20.3. The van der Waals surface area contributed by atoms with Crippen LogP contribution in [0.4, 0.5) is 11.4 Å². The normalized spacial score (nSPS) is 16.4. The van der Waals surface area contributed by atoms with Gasteiger partial charge in [-0.25, -0.2) is 0 Å². The van der Waals surface area contributed by atoms with E-state index in [4.69, 9.17) is 21.9 Å². The van der Waals surface area contributed by atoms with Gasteiger partial charge in [0.2, 0.25) is 0 Å². The SMILES string of the molecule is Cc1ccccc1Oc1ccc(N2C(=S)NC(c3ccccn3)C2c2cc(C)n(-c3ccc(N(C)C)cc3)c2C)cc1. The minimum Gasteiger partial charge on any atom is -0.457 e. The van der Waals surface area contributed by atoms with Gasteiger partial charge in [0, 0.05) is 48.7 Å².